The van der Waals surface area contributed by atoms with Crippen LogP contribution in [0.4, 0.5) is 0 Å². The molecule has 122 valence electrons. The number of hydrogen-bond acceptors (Lipinski definition) is 4. The highest BCUT2D eigenvalue weighted by Crippen LogP contribution is 2.18. The Morgan fingerprint density at radius 1 is 1.35 bits per heavy atom. The third-order valence-corrected chi connectivity index (χ3v) is 4.43. The fourth-order valence-electron chi connectivity index (χ4n) is 2.93. The number of piperidine rings is 1. The molecule has 1 aromatic heterocycles. The van der Waals surface area contributed by atoms with Crippen molar-refractivity contribution in [3.05, 3.63) is 47.3 Å². The van der Waals surface area contributed by atoms with Crippen LogP contribution in [-0.4, -0.2) is 45.9 Å². The highest BCUT2D eigenvalue weighted by Gasteiger charge is 2.20. The first-order chi connectivity index (χ1) is 11.1. The SMILES string of the molecule is Cc1ccccc1CN(C)C(=O)c1cn(C2CCNCC2)nn1. The molecule has 1 aromatic carbocycles. The lowest BCUT2D eigenvalue weighted by molar-refractivity contribution is 0.0779. The molecule has 6 nitrogen and oxygen atoms in total. The summed E-state index contributed by atoms with van der Waals surface area (Å²) in [6.07, 6.45) is 3.83. The average Bonchev–Trinajstić information content (AvgIpc) is 3.07. The molecule has 1 fully saturated rings. The minimum Gasteiger partial charge on any atom is -0.336 e. The first-order valence-electron chi connectivity index (χ1n) is 8.07. The molecule has 0 spiro atoms. The molecule has 2 heterocycles. The molecule has 3 rings (SSSR count). The molecule has 0 unspecified atom stereocenters. The van der Waals surface area contributed by atoms with E-state index in [4.69, 9.17) is 0 Å². The highest BCUT2D eigenvalue weighted by molar-refractivity contribution is 5.91. The van der Waals surface area contributed by atoms with Gasteiger partial charge in [0.25, 0.3) is 5.91 Å². The van der Waals surface area contributed by atoms with E-state index in [-0.39, 0.29) is 5.91 Å². The molecule has 6 heteroatoms. The van der Waals surface area contributed by atoms with Crippen LogP contribution in [0.25, 0.3) is 0 Å². The highest BCUT2D eigenvalue weighted by atomic mass is 16.2. The van der Waals surface area contributed by atoms with Crippen LogP contribution in [0, 0.1) is 6.92 Å². The summed E-state index contributed by atoms with van der Waals surface area (Å²) in [6.45, 7) is 4.61. The van der Waals surface area contributed by atoms with Gasteiger partial charge in [-0.15, -0.1) is 5.10 Å². The third kappa shape index (κ3) is 3.59. The summed E-state index contributed by atoms with van der Waals surface area (Å²) in [6, 6.07) is 8.44. The van der Waals surface area contributed by atoms with E-state index in [1.807, 2.05) is 22.9 Å². The summed E-state index contributed by atoms with van der Waals surface area (Å²) in [5, 5.41) is 11.6. The fraction of sp³-hybridized carbons (Fsp3) is 0.471. The lowest BCUT2D eigenvalue weighted by Crippen LogP contribution is -2.29. The van der Waals surface area contributed by atoms with Crippen molar-refractivity contribution in [3.63, 3.8) is 0 Å². The number of hydrogen-bond donors (Lipinski definition) is 1. The number of nitrogens with zero attached hydrogens (tertiary/aromatic N) is 4. The lowest BCUT2D eigenvalue weighted by Gasteiger charge is -2.22. The number of carbonyl (C=O) groups is 1. The fourth-order valence-corrected chi connectivity index (χ4v) is 2.93. The van der Waals surface area contributed by atoms with Gasteiger partial charge in [-0.3, -0.25) is 4.79 Å². The van der Waals surface area contributed by atoms with Gasteiger partial charge in [0.1, 0.15) is 0 Å². The van der Waals surface area contributed by atoms with Crippen LogP contribution < -0.4 is 5.32 Å². The Labute approximate surface area is 136 Å². The van der Waals surface area contributed by atoms with Crippen LogP contribution in [0.5, 0.6) is 0 Å². The van der Waals surface area contributed by atoms with Gasteiger partial charge >= 0.3 is 0 Å². The van der Waals surface area contributed by atoms with Crippen molar-refractivity contribution in [1.82, 2.24) is 25.2 Å². The maximum absolute atomic E-state index is 12.6. The Morgan fingerprint density at radius 3 is 2.83 bits per heavy atom. The molecule has 0 radical (unpaired) electrons. The summed E-state index contributed by atoms with van der Waals surface area (Å²) < 4.78 is 1.84. The molecule has 0 atom stereocenters. The van der Waals surface area contributed by atoms with Gasteiger partial charge in [-0.05, 0) is 44.0 Å². The molecular weight excluding hydrogens is 290 g/mol. The van der Waals surface area contributed by atoms with Crippen molar-refractivity contribution in [2.45, 2.75) is 32.4 Å². The second kappa shape index (κ2) is 6.91. The maximum atomic E-state index is 12.6. The second-order valence-corrected chi connectivity index (χ2v) is 6.15. The quantitative estimate of drug-likeness (QED) is 0.934. The zero-order chi connectivity index (χ0) is 16.2. The third-order valence-electron chi connectivity index (χ3n) is 4.43. The molecule has 1 saturated heterocycles. The molecule has 1 aliphatic rings. The Bertz CT molecular complexity index is 675. The van der Waals surface area contributed by atoms with E-state index in [0.717, 1.165) is 31.5 Å². The van der Waals surface area contributed by atoms with E-state index >= 15 is 0 Å². The van der Waals surface area contributed by atoms with E-state index in [9.17, 15) is 4.79 Å². The predicted octanol–water partition coefficient (Wildman–Crippen LogP) is 1.78. The number of aryl methyl sites for hydroxylation is 1. The smallest absolute Gasteiger partial charge is 0.276 e. The van der Waals surface area contributed by atoms with Crippen molar-refractivity contribution in [1.29, 1.82) is 0 Å². The van der Waals surface area contributed by atoms with Crippen molar-refractivity contribution in [2.24, 2.45) is 0 Å². The summed E-state index contributed by atoms with van der Waals surface area (Å²) in [5.74, 6) is -0.0894. The van der Waals surface area contributed by atoms with Crippen LogP contribution in [0.2, 0.25) is 0 Å². The van der Waals surface area contributed by atoms with E-state index in [1.54, 1.807) is 18.1 Å². The maximum Gasteiger partial charge on any atom is 0.276 e. The van der Waals surface area contributed by atoms with E-state index < -0.39 is 0 Å². The molecule has 0 aliphatic carbocycles. The number of amides is 1. The summed E-state index contributed by atoms with van der Waals surface area (Å²) in [7, 11) is 1.80. The van der Waals surface area contributed by atoms with Gasteiger partial charge in [-0.2, -0.15) is 0 Å². The first-order valence-corrected chi connectivity index (χ1v) is 8.07. The van der Waals surface area contributed by atoms with Gasteiger partial charge in [0.05, 0.1) is 12.2 Å². The Kier molecular flexibility index (Phi) is 4.71. The molecule has 2 aromatic rings. The van der Waals surface area contributed by atoms with Gasteiger partial charge in [0.15, 0.2) is 5.69 Å². The van der Waals surface area contributed by atoms with E-state index in [0.29, 0.717) is 18.3 Å². The van der Waals surface area contributed by atoms with Crippen molar-refractivity contribution in [3.8, 4) is 0 Å². The second-order valence-electron chi connectivity index (χ2n) is 6.15. The van der Waals surface area contributed by atoms with E-state index in [2.05, 4.69) is 28.6 Å². The van der Waals surface area contributed by atoms with Crippen LogP contribution in [-0.2, 0) is 6.54 Å². The van der Waals surface area contributed by atoms with Crippen LogP contribution in [0.3, 0.4) is 0 Å². The Balaban J connectivity index is 1.68. The molecule has 1 amide bonds. The van der Waals surface area contributed by atoms with Gasteiger partial charge in [0.2, 0.25) is 0 Å². The van der Waals surface area contributed by atoms with Gasteiger partial charge < -0.3 is 10.2 Å². The van der Waals surface area contributed by atoms with Crippen LogP contribution in [0.15, 0.2) is 30.5 Å². The Morgan fingerprint density at radius 2 is 2.09 bits per heavy atom. The molecular formula is C17H23N5O. The van der Waals surface area contributed by atoms with Crippen LogP contribution in [0.1, 0.15) is 40.5 Å². The zero-order valence-corrected chi connectivity index (χ0v) is 13.7. The Hall–Kier alpha value is -2.21. The van der Waals surface area contributed by atoms with E-state index in [1.165, 1.54) is 5.56 Å². The lowest BCUT2D eigenvalue weighted by atomic mass is 10.1. The zero-order valence-electron chi connectivity index (χ0n) is 13.7. The van der Waals surface area contributed by atoms with Crippen molar-refractivity contribution < 1.29 is 4.79 Å². The molecule has 1 aliphatic heterocycles. The number of nitrogens with one attached hydrogen (secondary N) is 1. The number of carbonyl (C=O) groups excluding carboxylic acids is 1. The number of aromatic nitrogens is 3. The monoisotopic (exact) mass is 313 g/mol. The molecule has 23 heavy (non-hydrogen) atoms. The standard InChI is InChI=1S/C17H23N5O/c1-13-5-3-4-6-14(13)11-21(2)17(23)16-12-22(20-19-16)15-7-9-18-10-8-15/h3-6,12,15,18H,7-11H2,1-2H3. The summed E-state index contributed by atoms with van der Waals surface area (Å²) in [4.78, 5) is 14.2. The normalized spacial score (nSPS) is 15.6. The van der Waals surface area contributed by atoms with Crippen LogP contribution >= 0.6 is 0 Å². The minimum atomic E-state index is -0.0894. The topological polar surface area (TPSA) is 63.1 Å². The van der Waals surface area contributed by atoms with Gasteiger partial charge in [-0.1, -0.05) is 29.5 Å². The summed E-state index contributed by atoms with van der Waals surface area (Å²) in [5.41, 5.74) is 2.75. The first kappa shape index (κ1) is 15.7. The van der Waals surface area contributed by atoms with Gasteiger partial charge in [-0.25, -0.2) is 4.68 Å². The number of benzene rings is 1. The summed E-state index contributed by atoms with van der Waals surface area (Å²) >= 11 is 0. The molecule has 0 bridgehead atoms. The number of rotatable bonds is 4. The largest absolute Gasteiger partial charge is 0.336 e. The van der Waals surface area contributed by atoms with Gasteiger partial charge in [0, 0.05) is 13.6 Å². The average molecular weight is 313 g/mol. The van der Waals surface area contributed by atoms with Crippen molar-refractivity contribution >= 4 is 5.91 Å². The van der Waals surface area contributed by atoms with Crippen molar-refractivity contribution in [2.75, 3.05) is 20.1 Å². The minimum absolute atomic E-state index is 0.0894. The molecule has 1 N–H and O–H groups in total. The molecule has 0 saturated carbocycles. The predicted molar refractivity (Wildman–Crippen MR) is 88.1 cm³/mol.